The first-order valence-electron chi connectivity index (χ1n) is 6.94. The fourth-order valence-corrected chi connectivity index (χ4v) is 2.59. The molecule has 1 aliphatic heterocycles. The van der Waals surface area contributed by atoms with Gasteiger partial charge in [-0.25, -0.2) is 4.39 Å². The molecule has 18 heavy (non-hydrogen) atoms. The van der Waals surface area contributed by atoms with Crippen LogP contribution < -0.4 is 5.32 Å². The summed E-state index contributed by atoms with van der Waals surface area (Å²) in [7, 11) is 0. The van der Waals surface area contributed by atoms with Gasteiger partial charge in [-0.05, 0) is 56.5 Å². The Morgan fingerprint density at radius 2 is 2.06 bits per heavy atom. The van der Waals surface area contributed by atoms with Crippen LogP contribution in [-0.4, -0.2) is 30.6 Å². The Labute approximate surface area is 109 Å². The summed E-state index contributed by atoms with van der Waals surface area (Å²) in [6, 6.07) is 5.81. The zero-order valence-electron chi connectivity index (χ0n) is 11.4. The Kier molecular flexibility index (Phi) is 4.59. The van der Waals surface area contributed by atoms with Gasteiger partial charge in [-0.1, -0.05) is 6.92 Å². The third-order valence-corrected chi connectivity index (χ3v) is 3.66. The zero-order valence-corrected chi connectivity index (χ0v) is 11.4. The molecule has 1 aromatic rings. The second-order valence-corrected chi connectivity index (χ2v) is 5.22. The second-order valence-electron chi connectivity index (χ2n) is 5.22. The van der Waals surface area contributed by atoms with Crippen LogP contribution in [-0.2, 0) is 0 Å². The van der Waals surface area contributed by atoms with Crippen molar-refractivity contribution < 1.29 is 4.39 Å². The summed E-state index contributed by atoms with van der Waals surface area (Å²) in [5, 5.41) is 3.52. The summed E-state index contributed by atoms with van der Waals surface area (Å²) in [6.07, 6.45) is 3.59. The molecule has 1 aliphatic rings. The van der Waals surface area contributed by atoms with Crippen LogP contribution in [0.5, 0.6) is 0 Å². The highest BCUT2D eigenvalue weighted by Gasteiger charge is 2.18. The molecule has 0 saturated carbocycles. The van der Waals surface area contributed by atoms with Crippen LogP contribution in [0.25, 0.3) is 0 Å². The number of nitrogens with zero attached hydrogens (tertiary/aromatic N) is 1. The van der Waals surface area contributed by atoms with Gasteiger partial charge in [0.15, 0.2) is 0 Å². The van der Waals surface area contributed by atoms with E-state index in [0.29, 0.717) is 11.6 Å². The lowest BCUT2D eigenvalue weighted by molar-refractivity contribution is 0.219. The molecule has 100 valence electrons. The van der Waals surface area contributed by atoms with Gasteiger partial charge in [-0.3, -0.25) is 0 Å². The maximum Gasteiger partial charge on any atom is 0.126 e. The van der Waals surface area contributed by atoms with Gasteiger partial charge in [0.25, 0.3) is 0 Å². The molecule has 3 heteroatoms. The summed E-state index contributed by atoms with van der Waals surface area (Å²) in [5.41, 5.74) is 1.76. The molecule has 1 heterocycles. The van der Waals surface area contributed by atoms with Gasteiger partial charge in [0.05, 0.1) is 0 Å². The largest absolute Gasteiger partial charge is 0.382 e. The Morgan fingerprint density at radius 1 is 1.33 bits per heavy atom. The third kappa shape index (κ3) is 3.45. The molecule has 1 aromatic carbocycles. The first-order chi connectivity index (χ1) is 8.69. The van der Waals surface area contributed by atoms with E-state index in [1.807, 2.05) is 19.1 Å². The van der Waals surface area contributed by atoms with Crippen LogP contribution in [0.1, 0.15) is 31.7 Å². The van der Waals surface area contributed by atoms with Crippen LogP contribution in [0.15, 0.2) is 18.2 Å². The van der Waals surface area contributed by atoms with E-state index in [9.17, 15) is 4.39 Å². The Bertz CT molecular complexity index is 384. The number of nitrogens with one attached hydrogen (secondary N) is 1. The highest BCUT2D eigenvalue weighted by atomic mass is 19.1. The van der Waals surface area contributed by atoms with Crippen molar-refractivity contribution in [3.05, 3.63) is 29.6 Å². The Balaban J connectivity index is 1.85. The number of hydrogen-bond donors (Lipinski definition) is 1. The molecule has 0 unspecified atom stereocenters. The van der Waals surface area contributed by atoms with Crippen LogP contribution in [0, 0.1) is 12.7 Å². The van der Waals surface area contributed by atoms with Crippen molar-refractivity contribution in [1.29, 1.82) is 0 Å². The Hall–Kier alpha value is -1.09. The summed E-state index contributed by atoms with van der Waals surface area (Å²) in [5.74, 6) is -0.127. The van der Waals surface area contributed by atoms with E-state index in [-0.39, 0.29) is 5.82 Å². The van der Waals surface area contributed by atoms with Gasteiger partial charge in [-0.2, -0.15) is 0 Å². The molecular weight excluding hydrogens is 227 g/mol. The number of aryl methyl sites for hydroxylation is 1. The van der Waals surface area contributed by atoms with Gasteiger partial charge in [0, 0.05) is 24.8 Å². The van der Waals surface area contributed by atoms with E-state index in [1.54, 1.807) is 6.07 Å². The van der Waals surface area contributed by atoms with Crippen molar-refractivity contribution in [3.8, 4) is 0 Å². The van der Waals surface area contributed by atoms with E-state index in [2.05, 4.69) is 17.1 Å². The maximum absolute atomic E-state index is 13.2. The number of benzene rings is 1. The van der Waals surface area contributed by atoms with Crippen LogP contribution in [0.2, 0.25) is 0 Å². The molecule has 1 saturated heterocycles. The summed E-state index contributed by atoms with van der Waals surface area (Å²) >= 11 is 0. The topological polar surface area (TPSA) is 15.3 Å². The minimum Gasteiger partial charge on any atom is -0.382 e. The van der Waals surface area contributed by atoms with E-state index in [0.717, 1.165) is 5.69 Å². The molecule has 0 atom stereocenters. The van der Waals surface area contributed by atoms with Crippen LogP contribution in [0.3, 0.4) is 0 Å². The minimum atomic E-state index is -0.127. The first-order valence-corrected chi connectivity index (χ1v) is 6.94. The fourth-order valence-electron chi connectivity index (χ4n) is 2.59. The quantitative estimate of drug-likeness (QED) is 0.881. The van der Waals surface area contributed by atoms with E-state index < -0.39 is 0 Å². The van der Waals surface area contributed by atoms with Crippen molar-refractivity contribution in [2.75, 3.05) is 25.0 Å². The van der Waals surface area contributed by atoms with Crippen molar-refractivity contribution in [2.45, 2.75) is 39.2 Å². The number of piperidine rings is 1. The normalized spacial score (nSPS) is 17.9. The highest BCUT2D eigenvalue weighted by molar-refractivity contribution is 5.46. The van der Waals surface area contributed by atoms with Gasteiger partial charge >= 0.3 is 0 Å². The average Bonchev–Trinajstić information content (AvgIpc) is 2.37. The van der Waals surface area contributed by atoms with Gasteiger partial charge in [0.1, 0.15) is 5.82 Å². The number of hydrogen-bond acceptors (Lipinski definition) is 2. The lowest BCUT2D eigenvalue weighted by Gasteiger charge is -2.32. The van der Waals surface area contributed by atoms with Crippen molar-refractivity contribution >= 4 is 5.69 Å². The summed E-state index contributed by atoms with van der Waals surface area (Å²) < 4.78 is 13.2. The third-order valence-electron chi connectivity index (χ3n) is 3.66. The molecule has 2 nitrogen and oxygen atoms in total. The van der Waals surface area contributed by atoms with Gasteiger partial charge in [-0.15, -0.1) is 0 Å². The predicted molar refractivity (Wildman–Crippen MR) is 74.5 cm³/mol. The summed E-state index contributed by atoms with van der Waals surface area (Å²) in [4.78, 5) is 2.52. The SMILES string of the molecule is CCCN1CCC(Nc2ccc(F)c(C)c2)CC1. The highest BCUT2D eigenvalue weighted by Crippen LogP contribution is 2.19. The summed E-state index contributed by atoms with van der Waals surface area (Å²) in [6.45, 7) is 7.59. The zero-order chi connectivity index (χ0) is 13.0. The molecule has 0 aliphatic carbocycles. The molecule has 0 radical (unpaired) electrons. The van der Waals surface area contributed by atoms with Gasteiger partial charge in [0.2, 0.25) is 0 Å². The molecule has 0 spiro atoms. The number of anilines is 1. The van der Waals surface area contributed by atoms with Crippen LogP contribution >= 0.6 is 0 Å². The van der Waals surface area contributed by atoms with Gasteiger partial charge < -0.3 is 10.2 Å². The number of likely N-dealkylation sites (tertiary alicyclic amines) is 1. The van der Waals surface area contributed by atoms with E-state index in [1.165, 1.54) is 38.9 Å². The smallest absolute Gasteiger partial charge is 0.126 e. The molecule has 1 N–H and O–H groups in total. The number of rotatable bonds is 4. The minimum absolute atomic E-state index is 0.127. The van der Waals surface area contributed by atoms with E-state index >= 15 is 0 Å². The standard InChI is InChI=1S/C15H23FN2/c1-3-8-18-9-6-13(7-10-18)17-14-4-5-15(16)12(2)11-14/h4-5,11,13,17H,3,6-10H2,1-2H3. The molecule has 0 amide bonds. The maximum atomic E-state index is 13.2. The molecule has 2 rings (SSSR count). The first kappa shape index (κ1) is 13.3. The molecule has 0 bridgehead atoms. The lowest BCUT2D eigenvalue weighted by atomic mass is 10.0. The lowest BCUT2D eigenvalue weighted by Crippen LogP contribution is -2.39. The molecular formula is C15H23FN2. The van der Waals surface area contributed by atoms with Crippen molar-refractivity contribution in [2.24, 2.45) is 0 Å². The molecule has 1 fully saturated rings. The predicted octanol–water partition coefficient (Wildman–Crippen LogP) is 3.42. The van der Waals surface area contributed by atoms with Crippen molar-refractivity contribution in [1.82, 2.24) is 4.90 Å². The fraction of sp³-hybridized carbons (Fsp3) is 0.600. The van der Waals surface area contributed by atoms with E-state index in [4.69, 9.17) is 0 Å². The monoisotopic (exact) mass is 250 g/mol. The Morgan fingerprint density at radius 3 is 2.67 bits per heavy atom. The van der Waals surface area contributed by atoms with Crippen LogP contribution in [0.4, 0.5) is 10.1 Å². The second kappa shape index (κ2) is 6.19. The number of halogens is 1. The average molecular weight is 250 g/mol. The molecule has 0 aromatic heterocycles. The van der Waals surface area contributed by atoms with Crippen molar-refractivity contribution in [3.63, 3.8) is 0 Å².